The quantitative estimate of drug-likeness (QED) is 0.225. The van der Waals surface area contributed by atoms with E-state index in [9.17, 15) is 24.3 Å². The molecule has 4 atom stereocenters. The van der Waals surface area contributed by atoms with Gasteiger partial charge in [0.15, 0.2) is 11.6 Å². The second-order valence-corrected chi connectivity index (χ2v) is 12.5. The molecule has 9 nitrogen and oxygen atoms in total. The molecule has 1 amide bonds. The van der Waals surface area contributed by atoms with Crippen LogP contribution in [0, 0.1) is 11.8 Å². The van der Waals surface area contributed by atoms with Crippen LogP contribution in [0.3, 0.4) is 0 Å². The van der Waals surface area contributed by atoms with Crippen LogP contribution in [0.25, 0.3) is 0 Å². The average molecular weight is 583 g/mol. The number of hydrogen-bond donors (Lipinski definition) is 2. The predicted octanol–water partition coefficient (Wildman–Crippen LogP) is 3.21. The van der Waals surface area contributed by atoms with E-state index in [-0.39, 0.29) is 55.2 Å². The van der Waals surface area contributed by atoms with Crippen LogP contribution in [-0.2, 0) is 30.3 Å². The highest BCUT2D eigenvalue weighted by Crippen LogP contribution is 2.35. The lowest BCUT2D eigenvalue weighted by atomic mass is 9.83. The van der Waals surface area contributed by atoms with Gasteiger partial charge in [0.25, 0.3) is 0 Å². The largest absolute Gasteiger partial charge is 0.497 e. The minimum atomic E-state index is -0.840. The molecule has 0 saturated carbocycles. The summed E-state index contributed by atoms with van der Waals surface area (Å²) in [5.41, 5.74) is 1.22. The van der Waals surface area contributed by atoms with Crippen LogP contribution in [-0.4, -0.2) is 84.4 Å². The van der Waals surface area contributed by atoms with Crippen molar-refractivity contribution in [2.24, 2.45) is 11.8 Å². The molecule has 1 aliphatic carbocycles. The van der Waals surface area contributed by atoms with Crippen molar-refractivity contribution >= 4 is 23.3 Å². The lowest BCUT2D eigenvalue weighted by Crippen LogP contribution is -2.46. The molecule has 0 aromatic heterocycles. The van der Waals surface area contributed by atoms with Crippen molar-refractivity contribution in [3.63, 3.8) is 0 Å². The zero-order chi connectivity index (χ0) is 30.3. The van der Waals surface area contributed by atoms with E-state index >= 15 is 0 Å². The number of benzene rings is 1. The van der Waals surface area contributed by atoms with Gasteiger partial charge in [-0.3, -0.25) is 24.1 Å². The summed E-state index contributed by atoms with van der Waals surface area (Å²) in [6, 6.07) is 6.50. The Morgan fingerprint density at radius 3 is 2.40 bits per heavy atom. The van der Waals surface area contributed by atoms with Crippen molar-refractivity contribution in [2.45, 2.75) is 89.4 Å². The number of piperidine rings is 1. The number of allylic oxidation sites excluding steroid dienone is 2. The molecular formula is C33H46N2O7. The number of ether oxygens (including phenoxy) is 2. The first-order valence-corrected chi connectivity index (χ1v) is 15.3. The molecule has 2 fully saturated rings. The molecule has 0 bridgehead atoms. The number of nitrogens with one attached hydrogen (secondary N) is 1. The molecule has 0 radical (unpaired) electrons. The Morgan fingerprint density at radius 1 is 1.12 bits per heavy atom. The number of hydrogen-bond acceptors (Lipinski definition) is 8. The van der Waals surface area contributed by atoms with Gasteiger partial charge in [0.05, 0.1) is 32.4 Å². The minimum absolute atomic E-state index is 0.0182. The first-order valence-electron chi connectivity index (χ1n) is 15.3. The van der Waals surface area contributed by atoms with Crippen molar-refractivity contribution in [3.05, 3.63) is 41.5 Å². The molecule has 2 aliphatic heterocycles. The Hall–Kier alpha value is -2.88. The van der Waals surface area contributed by atoms with Gasteiger partial charge >= 0.3 is 0 Å². The number of methoxy groups -OCH3 is 1. The van der Waals surface area contributed by atoms with Crippen molar-refractivity contribution in [2.75, 3.05) is 33.4 Å². The van der Waals surface area contributed by atoms with Crippen LogP contribution in [0.2, 0.25) is 0 Å². The zero-order valence-electron chi connectivity index (χ0n) is 25.2. The Bertz CT molecular complexity index is 1150. The molecule has 2 saturated heterocycles. The SMILES string of the molecule is COc1ccc(C[C@H](NC(=O)[C@H](C)CC(=O)CN2CCC(O)CC2)C(=O)C[C@@H](CC2=CCCC2)C(=O)[C@@]2(C)CO2)cc1. The Labute approximate surface area is 249 Å². The summed E-state index contributed by atoms with van der Waals surface area (Å²) in [6.45, 7) is 5.41. The number of aliphatic hydroxyl groups excluding tert-OH is 1. The summed E-state index contributed by atoms with van der Waals surface area (Å²) in [5.74, 6) is -1.09. The number of ketones is 3. The molecule has 0 unspecified atom stereocenters. The van der Waals surface area contributed by atoms with E-state index in [0.717, 1.165) is 24.8 Å². The fourth-order valence-electron chi connectivity index (χ4n) is 5.95. The number of epoxide rings is 1. The van der Waals surface area contributed by atoms with Gasteiger partial charge in [-0.2, -0.15) is 0 Å². The van der Waals surface area contributed by atoms with Gasteiger partial charge in [0.2, 0.25) is 5.91 Å². The third-order valence-electron chi connectivity index (χ3n) is 8.80. The number of carbonyl (C=O) groups is 4. The van der Waals surface area contributed by atoms with Crippen LogP contribution < -0.4 is 10.1 Å². The highest BCUT2D eigenvalue weighted by molar-refractivity contribution is 5.97. The predicted molar refractivity (Wildman–Crippen MR) is 158 cm³/mol. The first kappa shape index (κ1) is 32.0. The third-order valence-corrected chi connectivity index (χ3v) is 8.80. The van der Waals surface area contributed by atoms with Crippen molar-refractivity contribution in [1.82, 2.24) is 10.2 Å². The number of amides is 1. The summed E-state index contributed by atoms with van der Waals surface area (Å²) < 4.78 is 10.7. The van der Waals surface area contributed by atoms with E-state index < -0.39 is 23.5 Å². The molecule has 1 aromatic rings. The van der Waals surface area contributed by atoms with Crippen LogP contribution in [0.1, 0.15) is 70.8 Å². The van der Waals surface area contributed by atoms with Gasteiger partial charge in [-0.15, -0.1) is 0 Å². The number of likely N-dealkylation sites (tertiary alicyclic amines) is 1. The zero-order valence-corrected chi connectivity index (χ0v) is 25.2. The number of nitrogens with zero attached hydrogens (tertiary/aromatic N) is 1. The standard InChI is InChI=1S/C33H46N2O7/c1-22(16-27(37)20-35-14-12-26(36)13-15-35)32(40)34-29(18-24-8-10-28(41-3)11-9-24)30(38)19-25(17-23-6-4-5-7-23)31(39)33(2)21-42-33/h6,8-11,22,25-26,29,36H,4-5,7,12-21H2,1-3H3,(H,34,40)/t22-,25-,29+,33-/m1/s1. The average Bonchev–Trinajstić information content (AvgIpc) is 3.51. The van der Waals surface area contributed by atoms with E-state index in [0.29, 0.717) is 44.7 Å². The van der Waals surface area contributed by atoms with E-state index in [1.807, 2.05) is 29.2 Å². The van der Waals surface area contributed by atoms with E-state index in [1.54, 1.807) is 21.0 Å². The lowest BCUT2D eigenvalue weighted by Gasteiger charge is -2.29. The number of Topliss-reactive ketones (excluding diaryl/α,β-unsaturated/α-hetero) is 3. The molecule has 9 heteroatoms. The summed E-state index contributed by atoms with van der Waals surface area (Å²) in [5, 5.41) is 12.6. The molecule has 1 aromatic carbocycles. The fraction of sp³-hybridized carbons (Fsp3) is 0.636. The summed E-state index contributed by atoms with van der Waals surface area (Å²) in [6.07, 6.45) is 7.01. The van der Waals surface area contributed by atoms with E-state index in [2.05, 4.69) is 11.4 Å². The van der Waals surface area contributed by atoms with E-state index in [4.69, 9.17) is 9.47 Å². The molecule has 2 N–H and O–H groups in total. The number of rotatable bonds is 16. The molecule has 2 heterocycles. The Balaban J connectivity index is 1.43. The van der Waals surface area contributed by atoms with Crippen LogP contribution >= 0.6 is 0 Å². The minimum Gasteiger partial charge on any atom is -0.497 e. The van der Waals surface area contributed by atoms with Crippen molar-refractivity contribution < 1.29 is 33.8 Å². The smallest absolute Gasteiger partial charge is 0.223 e. The molecule has 0 spiro atoms. The highest BCUT2D eigenvalue weighted by atomic mass is 16.6. The van der Waals surface area contributed by atoms with Gasteiger partial charge in [0, 0.05) is 37.8 Å². The fourth-order valence-corrected chi connectivity index (χ4v) is 5.95. The maximum Gasteiger partial charge on any atom is 0.223 e. The second-order valence-electron chi connectivity index (χ2n) is 12.5. The molecule has 230 valence electrons. The topological polar surface area (TPSA) is 126 Å². The van der Waals surface area contributed by atoms with Gasteiger partial charge in [-0.05, 0) is 69.6 Å². The lowest BCUT2D eigenvalue weighted by molar-refractivity contribution is -0.134. The molecule has 3 aliphatic rings. The van der Waals surface area contributed by atoms with Gasteiger partial charge in [-0.1, -0.05) is 30.7 Å². The second kappa shape index (κ2) is 14.5. The van der Waals surface area contributed by atoms with Gasteiger partial charge in [-0.25, -0.2) is 0 Å². The molecular weight excluding hydrogens is 536 g/mol. The summed E-state index contributed by atoms with van der Waals surface area (Å²) >= 11 is 0. The van der Waals surface area contributed by atoms with Gasteiger partial charge in [0.1, 0.15) is 17.1 Å². The molecule has 42 heavy (non-hydrogen) atoms. The molecule has 4 rings (SSSR count). The summed E-state index contributed by atoms with van der Waals surface area (Å²) in [7, 11) is 1.58. The summed E-state index contributed by atoms with van der Waals surface area (Å²) in [4.78, 5) is 55.3. The third kappa shape index (κ3) is 9.06. The van der Waals surface area contributed by atoms with Crippen LogP contribution in [0.4, 0.5) is 0 Å². The monoisotopic (exact) mass is 582 g/mol. The van der Waals surface area contributed by atoms with E-state index in [1.165, 1.54) is 5.57 Å². The van der Waals surface area contributed by atoms with Crippen molar-refractivity contribution in [1.29, 1.82) is 0 Å². The van der Waals surface area contributed by atoms with Crippen LogP contribution in [0.15, 0.2) is 35.9 Å². The normalized spacial score (nSPS) is 23.0. The van der Waals surface area contributed by atoms with Crippen LogP contribution in [0.5, 0.6) is 5.75 Å². The maximum absolute atomic E-state index is 13.8. The van der Waals surface area contributed by atoms with Gasteiger partial charge < -0.3 is 19.9 Å². The van der Waals surface area contributed by atoms with Crippen molar-refractivity contribution in [3.8, 4) is 5.75 Å². The maximum atomic E-state index is 13.8. The highest BCUT2D eigenvalue weighted by Gasteiger charge is 2.50. The number of aliphatic hydroxyl groups is 1. The Morgan fingerprint density at radius 2 is 1.81 bits per heavy atom. The first-order chi connectivity index (χ1) is 20.1. The number of carbonyl (C=O) groups excluding carboxylic acids is 4. The Kier molecular flexibility index (Phi) is 11.1.